The fraction of sp³-hybridized carbons (Fsp3) is 0.200. The lowest BCUT2D eigenvalue weighted by Crippen LogP contribution is -2.10. The maximum atomic E-state index is 12.5. The zero-order chi connectivity index (χ0) is 52.5. The molecule has 0 bridgehead atoms. The summed E-state index contributed by atoms with van der Waals surface area (Å²) >= 11 is 15.1. The number of carbonyl (C=O) groups excluding carboxylic acids is 3. The van der Waals surface area contributed by atoms with Crippen molar-refractivity contribution in [2.45, 2.75) is 33.0 Å². The number of carbonyl (C=O) groups is 3. The van der Waals surface area contributed by atoms with E-state index < -0.39 is 0 Å². The first-order chi connectivity index (χ1) is 34.3. The molecule has 0 atom stereocenters. The molecule has 9 aromatic rings. The van der Waals surface area contributed by atoms with Gasteiger partial charge in [0, 0.05) is 30.6 Å². The number of ketones is 1. The van der Waals surface area contributed by atoms with Crippen molar-refractivity contribution in [3.05, 3.63) is 181 Å². The van der Waals surface area contributed by atoms with Crippen molar-refractivity contribution in [2.75, 3.05) is 42.3 Å². The van der Waals surface area contributed by atoms with E-state index in [9.17, 15) is 24.3 Å². The fourth-order valence-corrected chi connectivity index (χ4v) is 9.43. The summed E-state index contributed by atoms with van der Waals surface area (Å²) in [6.07, 6.45) is 1.74. The van der Waals surface area contributed by atoms with Gasteiger partial charge in [-0.05, 0) is 139 Å². The van der Waals surface area contributed by atoms with Crippen molar-refractivity contribution in [1.82, 2.24) is 24.7 Å². The zero-order valence-electron chi connectivity index (χ0n) is 40.8. The van der Waals surface area contributed by atoms with Gasteiger partial charge < -0.3 is 34.4 Å². The molecule has 6 aromatic carbocycles. The van der Waals surface area contributed by atoms with E-state index in [2.05, 4.69) is 19.8 Å². The normalized spacial score (nSPS) is 10.7. The minimum atomic E-state index is -0.385. The molecule has 0 aliphatic carbocycles. The quantitative estimate of drug-likeness (QED) is 0.0824. The number of para-hydroxylation sites is 2. The van der Waals surface area contributed by atoms with E-state index in [1.54, 1.807) is 55.5 Å². The average Bonchev–Trinajstić information content (AvgIpc) is 3.95. The van der Waals surface area contributed by atoms with E-state index >= 15 is 0 Å². The number of aldehydes is 2. The Labute approximate surface area is 435 Å². The van der Waals surface area contributed by atoms with Gasteiger partial charge in [0.25, 0.3) is 0 Å². The second-order valence-corrected chi connectivity index (χ2v) is 20.1. The maximum Gasteiger partial charge on any atom is 0.346 e. The molecule has 374 valence electrons. The van der Waals surface area contributed by atoms with Crippen molar-refractivity contribution >= 4 is 95.6 Å². The molecule has 3 aromatic heterocycles. The summed E-state index contributed by atoms with van der Waals surface area (Å²) in [5.74, 6) is 0.637. The second-order valence-electron chi connectivity index (χ2n) is 17.1. The summed E-state index contributed by atoms with van der Waals surface area (Å²) < 4.78 is 7.54. The summed E-state index contributed by atoms with van der Waals surface area (Å²) in [5, 5.41) is 30.8. The third-order valence-corrected chi connectivity index (χ3v) is 12.5. The van der Waals surface area contributed by atoms with Crippen molar-refractivity contribution in [3.8, 4) is 27.8 Å². The van der Waals surface area contributed by atoms with Crippen LogP contribution in [-0.4, -0.2) is 101 Å². The van der Waals surface area contributed by atoms with Crippen molar-refractivity contribution in [3.63, 3.8) is 0 Å². The van der Waals surface area contributed by atoms with Crippen LogP contribution in [0.25, 0.3) is 42.0 Å². The molecule has 3 N–H and O–H groups in total. The lowest BCUT2D eigenvalue weighted by atomic mass is 10.1. The number of halogens is 2. The number of rotatable bonds is 11. The molecule has 0 radical (unpaired) electrons. The van der Waals surface area contributed by atoms with Crippen LogP contribution in [0.4, 0.5) is 0 Å². The van der Waals surface area contributed by atoms with Crippen LogP contribution in [0.15, 0.2) is 137 Å². The monoisotopic (exact) mass is 1050 g/mol. The highest BCUT2D eigenvalue weighted by atomic mass is 35.5. The third-order valence-electron chi connectivity index (χ3n) is 9.85. The molecule has 72 heavy (non-hydrogen) atoms. The Morgan fingerprint density at radius 3 is 1.68 bits per heavy atom. The number of fused-ring (bicyclic) bond motifs is 3. The molecule has 0 saturated heterocycles. The number of hydrogen-bond acceptors (Lipinski definition) is 15. The number of hydrogen-bond donors (Lipinski definition) is 3. The topological polar surface area (TPSA) is 178 Å². The van der Waals surface area contributed by atoms with Crippen LogP contribution in [0.3, 0.4) is 0 Å². The van der Waals surface area contributed by atoms with E-state index in [-0.39, 0.29) is 22.9 Å². The van der Waals surface area contributed by atoms with E-state index in [1.807, 2.05) is 114 Å². The highest BCUT2D eigenvalue weighted by Gasteiger charge is 2.15. The SMILES string of the molecule is CC(=O)Cc1nc2c(Cl)cccc2s1.CN(C)Cc1ccc(C=O)c(O)c1.CN(C)Cc1ccc2cc(-c3nc4c(Cl)cccc4s3)c(=O)oc2c1.CN(C)Cc1cccc(O)c1.O=Cc1cccc(O)c1. The Balaban J connectivity index is 0.000000177. The Morgan fingerprint density at radius 1 is 0.625 bits per heavy atom. The number of aromatic nitrogens is 2. The minimum Gasteiger partial charge on any atom is -0.508 e. The number of phenolic OH excluding ortho intramolecular Hbond substituents is 3. The third kappa shape index (κ3) is 17.2. The van der Waals surface area contributed by atoms with Crippen molar-refractivity contribution in [2.24, 2.45) is 0 Å². The van der Waals surface area contributed by atoms with Gasteiger partial charge in [-0.1, -0.05) is 77.8 Å². The van der Waals surface area contributed by atoms with Crippen LogP contribution >= 0.6 is 45.9 Å². The first-order valence-electron chi connectivity index (χ1n) is 22.2. The highest BCUT2D eigenvalue weighted by Crippen LogP contribution is 2.34. The summed E-state index contributed by atoms with van der Waals surface area (Å²) in [7, 11) is 11.9. The van der Waals surface area contributed by atoms with Gasteiger partial charge in [-0.3, -0.25) is 14.4 Å². The van der Waals surface area contributed by atoms with Crippen LogP contribution in [0.5, 0.6) is 17.2 Å². The molecule has 17 heteroatoms. The second kappa shape index (κ2) is 27.1. The van der Waals surface area contributed by atoms with Gasteiger partial charge in [-0.25, -0.2) is 14.8 Å². The lowest BCUT2D eigenvalue weighted by molar-refractivity contribution is -0.116. The standard InChI is InChI=1S/C19H15ClN2O2S.C10H8ClNOS.C10H13NO2.C9H13NO.C7H6O2/c1-22(2)10-11-6-7-12-9-13(19(23)24-15(12)8-11)18-21-17-14(20)4-3-5-16(17)25-18;1-6(13)5-9-12-10-7(11)3-2-4-8(10)14-9;1-11(2)6-8-3-4-9(7-12)10(13)5-8;1-10(2)7-8-4-3-5-9(11)6-8;8-5-6-2-1-3-7(9)4-6/h3-9H,10H2,1-2H3;2-4H,5H2,1H3;3-5,7,13H,6H2,1-2H3;3-6,11H,7H2,1-2H3;1-5,9H. The Morgan fingerprint density at radius 2 is 1.17 bits per heavy atom. The van der Waals surface area contributed by atoms with Gasteiger partial charge in [0.15, 0.2) is 6.29 Å². The number of Topliss-reactive ketones (excluding diaryl/α,β-unsaturated/α-hetero) is 1. The number of benzene rings is 6. The Bertz CT molecular complexity index is 3340. The van der Waals surface area contributed by atoms with Gasteiger partial charge in [-0.2, -0.15) is 0 Å². The number of nitrogens with zero attached hydrogens (tertiary/aromatic N) is 5. The molecule has 0 unspecified atom stereocenters. The summed E-state index contributed by atoms with van der Waals surface area (Å²) in [6.45, 7) is 3.98. The van der Waals surface area contributed by atoms with E-state index in [4.69, 9.17) is 37.8 Å². The summed E-state index contributed by atoms with van der Waals surface area (Å²) in [4.78, 5) is 58.8. The molecule has 0 amide bonds. The highest BCUT2D eigenvalue weighted by molar-refractivity contribution is 7.21. The largest absolute Gasteiger partial charge is 0.508 e. The van der Waals surface area contributed by atoms with Crippen molar-refractivity contribution in [1.29, 1.82) is 0 Å². The summed E-state index contributed by atoms with van der Waals surface area (Å²) in [5.41, 5.74) is 6.24. The summed E-state index contributed by atoms with van der Waals surface area (Å²) in [6, 6.07) is 37.6. The molecule has 0 aliphatic heterocycles. The molecule has 0 fully saturated rings. The van der Waals surface area contributed by atoms with Crippen LogP contribution in [0.1, 0.15) is 49.3 Å². The lowest BCUT2D eigenvalue weighted by Gasteiger charge is -2.09. The van der Waals surface area contributed by atoms with Gasteiger partial charge in [0.05, 0.1) is 37.0 Å². The number of phenols is 3. The van der Waals surface area contributed by atoms with Gasteiger partial charge in [-0.15, -0.1) is 22.7 Å². The van der Waals surface area contributed by atoms with Crippen molar-refractivity contribution < 1.29 is 34.1 Å². The molecular formula is C55H55Cl2N5O8S2. The molecule has 3 heterocycles. The predicted molar refractivity (Wildman–Crippen MR) is 292 cm³/mol. The number of aromatic hydroxyl groups is 3. The van der Waals surface area contributed by atoms with Gasteiger partial charge >= 0.3 is 5.63 Å². The molecule has 0 aliphatic rings. The van der Waals surface area contributed by atoms with E-state index in [1.165, 1.54) is 34.8 Å². The zero-order valence-corrected chi connectivity index (χ0v) is 43.9. The van der Waals surface area contributed by atoms with Crippen LogP contribution in [0, 0.1) is 0 Å². The molecule has 0 spiro atoms. The van der Waals surface area contributed by atoms with E-state index in [0.29, 0.717) is 67.6 Å². The van der Waals surface area contributed by atoms with Crippen LogP contribution in [0.2, 0.25) is 10.0 Å². The first kappa shape index (κ1) is 56.1. The Kier molecular flexibility index (Phi) is 21.1. The van der Waals surface area contributed by atoms with Gasteiger partial charge in [0.1, 0.15) is 55.9 Å². The molecular weight excluding hydrogens is 994 g/mol. The average molecular weight is 1050 g/mol. The molecule has 0 saturated carbocycles. The van der Waals surface area contributed by atoms with E-state index in [0.717, 1.165) is 61.6 Å². The maximum absolute atomic E-state index is 12.5. The Hall–Kier alpha value is -6.82. The van der Waals surface area contributed by atoms with Crippen LogP contribution < -0.4 is 5.63 Å². The fourth-order valence-electron chi connectivity index (χ4n) is 6.82. The first-order valence-corrected chi connectivity index (χ1v) is 24.6. The molecule has 13 nitrogen and oxygen atoms in total. The smallest absolute Gasteiger partial charge is 0.346 e. The molecule has 9 rings (SSSR count). The minimum absolute atomic E-state index is 0.0503. The van der Waals surface area contributed by atoms with Gasteiger partial charge in [0.2, 0.25) is 0 Å². The number of thiazole rings is 2. The van der Waals surface area contributed by atoms with Crippen LogP contribution in [-0.2, 0) is 30.8 Å². The predicted octanol–water partition coefficient (Wildman–Crippen LogP) is 11.8.